The molecule has 3 rings (SSSR count). The third-order valence-corrected chi connectivity index (χ3v) is 6.24. The highest BCUT2D eigenvalue weighted by molar-refractivity contribution is 5.69. The van der Waals surface area contributed by atoms with E-state index in [1.807, 2.05) is 59.1 Å². The Balaban J connectivity index is 0.000000645. The number of benzene rings is 2. The van der Waals surface area contributed by atoms with Gasteiger partial charge in [0.05, 0.1) is 13.2 Å². The zero-order chi connectivity index (χ0) is 27.5. The molecule has 1 atom stereocenters. The molecule has 0 aliphatic carbocycles. The maximum absolute atomic E-state index is 14.9. The number of hydrogen-bond donors (Lipinski definition) is 0. The Morgan fingerprint density at radius 1 is 1.05 bits per heavy atom. The van der Waals surface area contributed by atoms with E-state index < -0.39 is 0 Å². The van der Waals surface area contributed by atoms with Gasteiger partial charge in [-0.05, 0) is 63.9 Å². The molecule has 0 radical (unpaired) electrons. The summed E-state index contributed by atoms with van der Waals surface area (Å²) in [7, 11) is 5.80. The van der Waals surface area contributed by atoms with E-state index in [0.717, 1.165) is 68.6 Å². The van der Waals surface area contributed by atoms with Crippen LogP contribution in [0.2, 0.25) is 0 Å². The SMILES string of the molecule is CC.COCCCCC(COCCN(C)C)c1cccc(F)c1-c1cccc(C)c1.O=CN1CCCC1. The summed E-state index contributed by atoms with van der Waals surface area (Å²) in [6, 6.07) is 13.5. The van der Waals surface area contributed by atoms with E-state index in [9.17, 15) is 9.18 Å². The number of halogens is 1. The van der Waals surface area contributed by atoms with Crippen LogP contribution in [0.15, 0.2) is 42.5 Å². The smallest absolute Gasteiger partial charge is 0.209 e. The van der Waals surface area contributed by atoms with Gasteiger partial charge in [-0.3, -0.25) is 4.79 Å². The molecule has 1 heterocycles. The van der Waals surface area contributed by atoms with Crippen LogP contribution in [-0.2, 0) is 14.3 Å². The molecule has 0 saturated carbocycles. The quantitative estimate of drug-likeness (QED) is 0.224. The highest BCUT2D eigenvalue weighted by Crippen LogP contribution is 2.35. The van der Waals surface area contributed by atoms with Crippen molar-refractivity contribution in [3.8, 4) is 11.1 Å². The third kappa shape index (κ3) is 12.7. The number of unbranched alkanes of at least 4 members (excludes halogenated alkanes) is 1. The van der Waals surface area contributed by atoms with Gasteiger partial charge in [0.1, 0.15) is 5.82 Å². The Kier molecular flexibility index (Phi) is 17.5. The molecular formula is C31H49FN2O3. The molecule has 0 aromatic heterocycles. The van der Waals surface area contributed by atoms with Crippen LogP contribution < -0.4 is 0 Å². The highest BCUT2D eigenvalue weighted by Gasteiger charge is 2.20. The molecule has 1 aliphatic rings. The first kappa shape index (κ1) is 32.7. The number of carbonyl (C=O) groups is 1. The summed E-state index contributed by atoms with van der Waals surface area (Å²) < 4.78 is 26.1. The van der Waals surface area contributed by atoms with Gasteiger partial charge in [-0.25, -0.2) is 4.39 Å². The summed E-state index contributed by atoms with van der Waals surface area (Å²) in [6.07, 6.45) is 6.29. The highest BCUT2D eigenvalue weighted by atomic mass is 19.1. The molecule has 0 spiro atoms. The molecule has 37 heavy (non-hydrogen) atoms. The Bertz CT molecular complexity index is 869. The van der Waals surface area contributed by atoms with Gasteiger partial charge < -0.3 is 19.3 Å². The van der Waals surface area contributed by atoms with Crippen LogP contribution in [0.4, 0.5) is 4.39 Å². The van der Waals surface area contributed by atoms with Crippen molar-refractivity contribution in [2.24, 2.45) is 0 Å². The maximum atomic E-state index is 14.9. The van der Waals surface area contributed by atoms with Gasteiger partial charge >= 0.3 is 0 Å². The number of rotatable bonds is 13. The lowest BCUT2D eigenvalue weighted by atomic mass is 9.87. The third-order valence-electron chi connectivity index (χ3n) is 6.24. The Morgan fingerprint density at radius 3 is 2.35 bits per heavy atom. The summed E-state index contributed by atoms with van der Waals surface area (Å²) in [6.45, 7) is 10.9. The number of aryl methyl sites for hydroxylation is 1. The molecule has 1 aliphatic heterocycles. The van der Waals surface area contributed by atoms with Gasteiger partial charge in [0.15, 0.2) is 0 Å². The topological polar surface area (TPSA) is 42.0 Å². The minimum absolute atomic E-state index is 0.158. The van der Waals surface area contributed by atoms with Crippen LogP contribution in [0, 0.1) is 12.7 Å². The molecule has 1 fully saturated rings. The van der Waals surface area contributed by atoms with E-state index in [1.165, 1.54) is 12.8 Å². The van der Waals surface area contributed by atoms with Gasteiger partial charge in [0.2, 0.25) is 6.41 Å². The summed E-state index contributed by atoms with van der Waals surface area (Å²) in [5.74, 6) is -0.0106. The first-order valence-electron chi connectivity index (χ1n) is 13.7. The molecule has 2 aromatic carbocycles. The van der Waals surface area contributed by atoms with Crippen LogP contribution in [0.25, 0.3) is 11.1 Å². The Morgan fingerprint density at radius 2 is 1.76 bits per heavy atom. The molecule has 1 unspecified atom stereocenters. The normalized spacial score (nSPS) is 13.5. The molecule has 1 amide bonds. The van der Waals surface area contributed by atoms with Crippen molar-refractivity contribution in [2.45, 2.75) is 58.8 Å². The first-order chi connectivity index (χ1) is 18.0. The Labute approximate surface area is 225 Å². The fourth-order valence-electron chi connectivity index (χ4n) is 4.27. The van der Waals surface area contributed by atoms with Crippen LogP contribution in [-0.4, -0.2) is 76.9 Å². The minimum Gasteiger partial charge on any atom is -0.385 e. The second-order valence-electron chi connectivity index (χ2n) is 9.49. The minimum atomic E-state index is -0.168. The van der Waals surface area contributed by atoms with Gasteiger partial charge in [-0.2, -0.15) is 0 Å². The van der Waals surface area contributed by atoms with E-state index in [4.69, 9.17) is 9.47 Å². The van der Waals surface area contributed by atoms with Gasteiger partial charge in [0, 0.05) is 44.8 Å². The number of ether oxygens (including phenoxy) is 2. The molecule has 0 bridgehead atoms. The number of hydrogen-bond acceptors (Lipinski definition) is 4. The van der Waals surface area contributed by atoms with Crippen molar-refractivity contribution in [3.05, 3.63) is 59.4 Å². The van der Waals surface area contributed by atoms with Gasteiger partial charge in [0.25, 0.3) is 0 Å². The Hall–Kier alpha value is -2.28. The molecular weight excluding hydrogens is 467 g/mol. The molecule has 6 heteroatoms. The fraction of sp³-hybridized carbons (Fsp3) is 0.581. The van der Waals surface area contributed by atoms with Crippen molar-refractivity contribution < 1.29 is 18.7 Å². The number of nitrogens with zero attached hydrogens (tertiary/aromatic N) is 2. The molecule has 2 aromatic rings. The number of carbonyl (C=O) groups excluding carboxylic acids is 1. The average Bonchev–Trinajstić information content (AvgIpc) is 3.43. The summed E-state index contributed by atoms with van der Waals surface area (Å²) in [5, 5.41) is 0. The standard InChI is InChI=1S/C24H34FNO2.C5H9NO.C2H6/c1-19-9-7-11-20(17-19)24-22(12-8-13-23(24)25)21(10-5-6-15-27-4)18-28-16-14-26(2)3;7-5-6-3-1-2-4-6;1-2/h7-9,11-13,17,21H,5-6,10,14-16,18H2,1-4H3;5H,1-4H2;1-2H3. The molecule has 0 N–H and O–H groups in total. The van der Waals surface area contributed by atoms with Crippen molar-refractivity contribution >= 4 is 6.41 Å². The predicted molar refractivity (Wildman–Crippen MR) is 153 cm³/mol. The fourth-order valence-corrected chi connectivity index (χ4v) is 4.27. The summed E-state index contributed by atoms with van der Waals surface area (Å²) in [4.78, 5) is 13.8. The van der Waals surface area contributed by atoms with Crippen LogP contribution in [0.1, 0.15) is 63.0 Å². The number of likely N-dealkylation sites (N-methyl/N-ethyl adjacent to an activating group) is 1. The average molecular weight is 517 g/mol. The zero-order valence-corrected chi connectivity index (χ0v) is 24.0. The van der Waals surface area contributed by atoms with E-state index in [2.05, 4.69) is 17.0 Å². The first-order valence-corrected chi connectivity index (χ1v) is 13.7. The van der Waals surface area contributed by atoms with Crippen molar-refractivity contribution in [1.82, 2.24) is 9.80 Å². The van der Waals surface area contributed by atoms with Crippen molar-refractivity contribution in [1.29, 1.82) is 0 Å². The lowest BCUT2D eigenvalue weighted by Gasteiger charge is -2.22. The maximum Gasteiger partial charge on any atom is 0.209 e. The number of amides is 1. The van der Waals surface area contributed by atoms with Crippen molar-refractivity contribution in [2.75, 3.05) is 60.7 Å². The van der Waals surface area contributed by atoms with E-state index >= 15 is 0 Å². The largest absolute Gasteiger partial charge is 0.385 e. The van der Waals surface area contributed by atoms with E-state index in [1.54, 1.807) is 18.1 Å². The number of methoxy groups -OCH3 is 1. The van der Waals surface area contributed by atoms with Gasteiger partial charge in [-0.1, -0.05) is 62.2 Å². The second kappa shape index (κ2) is 19.8. The van der Waals surface area contributed by atoms with Crippen LogP contribution in [0.5, 0.6) is 0 Å². The lowest BCUT2D eigenvalue weighted by molar-refractivity contribution is -0.117. The molecule has 208 valence electrons. The van der Waals surface area contributed by atoms with Crippen LogP contribution >= 0.6 is 0 Å². The lowest BCUT2D eigenvalue weighted by Crippen LogP contribution is -2.20. The second-order valence-corrected chi connectivity index (χ2v) is 9.49. The number of likely N-dealkylation sites (tertiary alicyclic amines) is 1. The van der Waals surface area contributed by atoms with Crippen LogP contribution in [0.3, 0.4) is 0 Å². The summed E-state index contributed by atoms with van der Waals surface area (Å²) in [5.41, 5.74) is 3.81. The van der Waals surface area contributed by atoms with Gasteiger partial charge in [-0.15, -0.1) is 0 Å². The molecule has 5 nitrogen and oxygen atoms in total. The van der Waals surface area contributed by atoms with E-state index in [0.29, 0.717) is 18.8 Å². The zero-order valence-electron chi connectivity index (χ0n) is 24.0. The van der Waals surface area contributed by atoms with E-state index in [-0.39, 0.29) is 11.7 Å². The predicted octanol–water partition coefficient (Wildman–Crippen LogP) is 6.54. The van der Waals surface area contributed by atoms with Crippen molar-refractivity contribution in [3.63, 3.8) is 0 Å². The monoisotopic (exact) mass is 516 g/mol. The molecule has 1 saturated heterocycles. The summed E-state index contributed by atoms with van der Waals surface area (Å²) >= 11 is 0.